The molecule has 6 nitrogen and oxygen atoms in total. The Hall–Kier alpha value is -2.83. The van der Waals surface area contributed by atoms with Crippen LogP contribution in [0.3, 0.4) is 0 Å². The van der Waals surface area contributed by atoms with Crippen molar-refractivity contribution in [3.05, 3.63) is 64.8 Å². The Bertz CT molecular complexity index is 1320. The highest BCUT2D eigenvalue weighted by Gasteiger charge is 2.48. The number of likely N-dealkylation sites (tertiary alicyclic amines) is 2. The molecule has 2 bridgehead atoms. The van der Waals surface area contributed by atoms with Crippen molar-refractivity contribution in [2.75, 3.05) is 26.7 Å². The van der Waals surface area contributed by atoms with E-state index in [4.69, 9.17) is 9.47 Å². The summed E-state index contributed by atoms with van der Waals surface area (Å²) in [6.07, 6.45) is 4.90. The zero-order valence-electron chi connectivity index (χ0n) is 24.1. The van der Waals surface area contributed by atoms with Crippen LogP contribution in [0.2, 0.25) is 0 Å². The van der Waals surface area contributed by atoms with E-state index in [0.29, 0.717) is 6.04 Å². The molecular weight excluding hydrogens is 474 g/mol. The molecule has 3 heterocycles. The van der Waals surface area contributed by atoms with Crippen LogP contribution in [0.1, 0.15) is 69.2 Å². The lowest BCUT2D eigenvalue weighted by Gasteiger charge is -2.56. The largest absolute Gasteiger partial charge is 0.496 e. The van der Waals surface area contributed by atoms with E-state index in [9.17, 15) is 4.79 Å². The number of methoxy groups -OCH3 is 1. The third-order valence-corrected chi connectivity index (χ3v) is 8.62. The van der Waals surface area contributed by atoms with Gasteiger partial charge in [-0.25, -0.2) is 4.79 Å². The van der Waals surface area contributed by atoms with E-state index in [0.717, 1.165) is 73.2 Å². The molecule has 0 N–H and O–H groups in total. The van der Waals surface area contributed by atoms with Crippen LogP contribution in [0.25, 0.3) is 10.9 Å². The minimum atomic E-state index is -0.561. The number of piperidine rings is 2. The number of nitrogens with zero attached hydrogens (tertiary/aromatic N) is 3. The molecule has 2 unspecified atom stereocenters. The summed E-state index contributed by atoms with van der Waals surface area (Å²) in [6, 6.07) is 13.9. The van der Waals surface area contributed by atoms with E-state index in [1.165, 1.54) is 11.1 Å². The van der Waals surface area contributed by atoms with Crippen LogP contribution in [0.15, 0.2) is 42.6 Å². The zero-order chi connectivity index (χ0) is 27.2. The fourth-order valence-electron chi connectivity index (χ4n) is 6.74. The second kappa shape index (κ2) is 10.0. The quantitative estimate of drug-likeness (QED) is 0.380. The average molecular weight is 518 g/mol. The summed E-state index contributed by atoms with van der Waals surface area (Å²) >= 11 is 0. The molecule has 3 aromatic rings. The Labute approximate surface area is 227 Å². The molecule has 0 radical (unpaired) electrons. The van der Waals surface area contributed by atoms with Gasteiger partial charge >= 0.3 is 6.09 Å². The van der Waals surface area contributed by atoms with Crippen molar-refractivity contribution in [2.24, 2.45) is 0 Å². The lowest BCUT2D eigenvalue weighted by molar-refractivity contribution is -0.0585. The molecule has 204 valence electrons. The van der Waals surface area contributed by atoms with Crippen molar-refractivity contribution in [1.82, 2.24) is 14.4 Å². The van der Waals surface area contributed by atoms with Gasteiger partial charge in [-0.2, -0.15) is 0 Å². The normalized spacial score (nSPS) is 22.6. The lowest BCUT2D eigenvalue weighted by Crippen LogP contribution is -2.61. The first kappa shape index (κ1) is 26.8. The number of carbonyl (C=O) groups is 1. The molecule has 2 aromatic carbocycles. The number of hydrogen-bond donors (Lipinski definition) is 0. The van der Waals surface area contributed by atoms with Crippen LogP contribution in [-0.4, -0.2) is 58.8 Å². The summed E-state index contributed by atoms with van der Waals surface area (Å²) in [5, 5.41) is 1.06. The Morgan fingerprint density at radius 1 is 1.11 bits per heavy atom. The van der Waals surface area contributed by atoms with Gasteiger partial charge in [-0.05, 0) is 83.7 Å². The van der Waals surface area contributed by atoms with Crippen molar-refractivity contribution < 1.29 is 14.3 Å². The van der Waals surface area contributed by atoms with Crippen molar-refractivity contribution in [3.8, 4) is 5.75 Å². The second-order valence-corrected chi connectivity index (χ2v) is 12.1. The first-order valence-corrected chi connectivity index (χ1v) is 14.0. The fourth-order valence-corrected chi connectivity index (χ4v) is 6.74. The van der Waals surface area contributed by atoms with Crippen LogP contribution in [0.5, 0.6) is 5.75 Å². The van der Waals surface area contributed by atoms with Gasteiger partial charge in [0.1, 0.15) is 11.4 Å². The molecule has 2 saturated heterocycles. The van der Waals surface area contributed by atoms with Gasteiger partial charge in [-0.3, -0.25) is 9.47 Å². The number of hydrogen-bond acceptors (Lipinski definition) is 5. The second-order valence-electron chi connectivity index (χ2n) is 12.1. The van der Waals surface area contributed by atoms with Gasteiger partial charge in [0.05, 0.1) is 12.6 Å². The molecule has 0 spiro atoms. The number of aryl methyl sites for hydroxylation is 2. The third kappa shape index (κ3) is 4.73. The maximum absolute atomic E-state index is 13.1. The molecule has 38 heavy (non-hydrogen) atoms. The van der Waals surface area contributed by atoms with E-state index in [-0.39, 0.29) is 11.6 Å². The SMILES string of the molecule is CCN1CCC2(c3ccc(C)cc3)CC1CCN2Cc1c(OC)cc(C)c2c1ccn2C(=O)OC(C)(C)C. The lowest BCUT2D eigenvalue weighted by atomic mass is 9.72. The van der Waals surface area contributed by atoms with Gasteiger partial charge in [-0.15, -0.1) is 0 Å². The van der Waals surface area contributed by atoms with E-state index < -0.39 is 5.60 Å². The molecule has 2 atom stereocenters. The molecular formula is C32H43N3O3. The molecule has 1 aromatic heterocycles. The fraction of sp³-hybridized carbons (Fsp3) is 0.531. The van der Waals surface area contributed by atoms with Crippen molar-refractivity contribution in [1.29, 1.82) is 0 Å². The Morgan fingerprint density at radius 3 is 2.50 bits per heavy atom. The topological polar surface area (TPSA) is 46.9 Å². The molecule has 2 fully saturated rings. The van der Waals surface area contributed by atoms with E-state index in [1.54, 1.807) is 11.7 Å². The van der Waals surface area contributed by atoms with Crippen LogP contribution in [0.4, 0.5) is 4.79 Å². The van der Waals surface area contributed by atoms with Crippen LogP contribution in [0, 0.1) is 13.8 Å². The van der Waals surface area contributed by atoms with Crippen LogP contribution in [-0.2, 0) is 16.8 Å². The zero-order valence-corrected chi connectivity index (χ0v) is 24.1. The smallest absolute Gasteiger partial charge is 0.419 e. The molecule has 0 saturated carbocycles. The summed E-state index contributed by atoms with van der Waals surface area (Å²) in [5.74, 6) is 0.879. The van der Waals surface area contributed by atoms with Crippen molar-refractivity contribution >= 4 is 17.0 Å². The summed E-state index contributed by atoms with van der Waals surface area (Å²) < 4.78 is 13.3. The number of benzene rings is 2. The highest BCUT2D eigenvalue weighted by molar-refractivity contribution is 5.95. The van der Waals surface area contributed by atoms with Gasteiger partial charge in [0, 0.05) is 48.4 Å². The maximum atomic E-state index is 13.1. The Kier molecular flexibility index (Phi) is 7.08. The number of fused-ring (bicyclic) bond motifs is 3. The summed E-state index contributed by atoms with van der Waals surface area (Å²) in [4.78, 5) is 18.5. The number of rotatable bonds is 5. The molecule has 2 aliphatic heterocycles. The van der Waals surface area contributed by atoms with Gasteiger partial charge in [0.2, 0.25) is 0 Å². The molecule has 6 heteroatoms. The van der Waals surface area contributed by atoms with E-state index >= 15 is 0 Å². The minimum Gasteiger partial charge on any atom is -0.496 e. The van der Waals surface area contributed by atoms with Gasteiger partial charge < -0.3 is 14.4 Å². The summed E-state index contributed by atoms with van der Waals surface area (Å²) in [5.41, 5.74) is 5.17. The monoisotopic (exact) mass is 517 g/mol. The Morgan fingerprint density at radius 2 is 1.84 bits per heavy atom. The average Bonchev–Trinajstić information content (AvgIpc) is 3.33. The maximum Gasteiger partial charge on any atom is 0.419 e. The first-order chi connectivity index (χ1) is 18.1. The van der Waals surface area contributed by atoms with Gasteiger partial charge in [0.15, 0.2) is 0 Å². The van der Waals surface area contributed by atoms with E-state index in [1.807, 2.05) is 33.9 Å². The predicted octanol–water partition coefficient (Wildman–Crippen LogP) is 6.64. The Balaban J connectivity index is 1.58. The first-order valence-electron chi connectivity index (χ1n) is 14.0. The van der Waals surface area contributed by atoms with Crippen molar-refractivity contribution in [3.63, 3.8) is 0 Å². The van der Waals surface area contributed by atoms with Gasteiger partial charge in [-0.1, -0.05) is 36.8 Å². The number of carbonyl (C=O) groups excluding carboxylic acids is 1. The minimum absolute atomic E-state index is 0.0156. The molecule has 0 aliphatic carbocycles. The molecule has 5 rings (SSSR count). The third-order valence-electron chi connectivity index (χ3n) is 8.62. The number of ether oxygens (including phenoxy) is 2. The van der Waals surface area contributed by atoms with Crippen LogP contribution < -0.4 is 4.74 Å². The van der Waals surface area contributed by atoms with Crippen LogP contribution >= 0.6 is 0 Å². The highest BCUT2D eigenvalue weighted by Crippen LogP contribution is 2.47. The standard InChI is InChI=1S/C32H43N3O3/c1-8-33-18-15-32(24-11-9-22(2)10-12-24)20-25(33)13-16-34(32)21-27-26-14-17-35(30(36)38-31(4,5)6)29(26)23(3)19-28(27)37-7/h9-12,14,17,19,25H,8,13,15-16,18,20-21H2,1-7H3. The van der Waals surface area contributed by atoms with Crippen molar-refractivity contribution in [2.45, 2.75) is 84.5 Å². The highest BCUT2D eigenvalue weighted by atomic mass is 16.6. The molecule has 2 aliphatic rings. The van der Waals surface area contributed by atoms with E-state index in [2.05, 4.69) is 60.0 Å². The summed E-state index contributed by atoms with van der Waals surface area (Å²) in [6.45, 7) is 16.2. The number of aromatic nitrogens is 1. The summed E-state index contributed by atoms with van der Waals surface area (Å²) in [7, 11) is 1.75. The predicted molar refractivity (Wildman–Crippen MR) is 153 cm³/mol. The van der Waals surface area contributed by atoms with Gasteiger partial charge in [0.25, 0.3) is 0 Å². The molecule has 0 amide bonds.